The van der Waals surface area contributed by atoms with E-state index in [1.807, 2.05) is 7.11 Å². The van der Waals surface area contributed by atoms with Crippen LogP contribution >= 0.6 is 23.2 Å². The highest BCUT2D eigenvalue weighted by molar-refractivity contribution is 6.59. The third-order valence-electron chi connectivity index (χ3n) is 11.1. The Morgan fingerprint density at radius 1 is 0.750 bits per heavy atom. The molecule has 40 heavy (non-hydrogen) atoms. The van der Waals surface area contributed by atoms with Crippen LogP contribution in [0.5, 0.6) is 0 Å². The highest BCUT2D eigenvalue weighted by Gasteiger charge is 2.55. The summed E-state index contributed by atoms with van der Waals surface area (Å²) in [6, 6.07) is 0. The topological polar surface area (TPSA) is 52.6 Å². The van der Waals surface area contributed by atoms with Gasteiger partial charge >= 0.3 is 0 Å². The number of hydrogen-bond acceptors (Lipinski definition) is 4. The smallest absolute Gasteiger partial charge is 0.178 e. The number of ketones is 2. The molecule has 0 bridgehead atoms. The van der Waals surface area contributed by atoms with Crippen LogP contribution in [0, 0.1) is 35.5 Å². The van der Waals surface area contributed by atoms with Crippen LogP contribution in [0.4, 0.5) is 0 Å². The van der Waals surface area contributed by atoms with E-state index < -0.39 is 4.33 Å². The number of carbonyl (C=O) groups is 2. The fourth-order valence-electron chi connectivity index (χ4n) is 8.60. The molecule has 0 aliphatic heterocycles. The van der Waals surface area contributed by atoms with Crippen LogP contribution in [0.3, 0.4) is 0 Å². The Hall–Kier alpha value is -0.160. The van der Waals surface area contributed by atoms with Crippen molar-refractivity contribution in [3.63, 3.8) is 0 Å². The Bertz CT molecular complexity index is 763. The van der Waals surface area contributed by atoms with Crippen molar-refractivity contribution in [3.8, 4) is 0 Å². The standard InChI is InChI=1S/C17H28Cl2O2.C17H30O2/c1-3-13(21-2)9-5-4-7-12-8-6-10-15-14(12)11-16(20)17(15,18)19;1-3-16(19-2)10-5-4-7-13-8-6-9-14-11-15(18)12-17(13)14/h12-15H,3-11H2,1-2H3;13-14,16-17H,3-12H2,1-2H3. The Labute approximate surface area is 255 Å². The van der Waals surface area contributed by atoms with Crippen LogP contribution in [0.1, 0.15) is 136 Å². The van der Waals surface area contributed by atoms with Crippen molar-refractivity contribution >= 4 is 34.8 Å². The number of halogens is 2. The Kier molecular flexibility index (Phi) is 14.8. The van der Waals surface area contributed by atoms with Gasteiger partial charge in [-0.3, -0.25) is 9.59 Å². The minimum atomic E-state index is -1.10. The number of Topliss-reactive ketones (excluding diaryl/α,β-unsaturated/α-hetero) is 2. The number of methoxy groups -OCH3 is 2. The van der Waals surface area contributed by atoms with Gasteiger partial charge in [0.15, 0.2) is 10.1 Å². The zero-order valence-electron chi connectivity index (χ0n) is 25.9. The van der Waals surface area contributed by atoms with Gasteiger partial charge in [-0.05, 0) is 68.1 Å². The second kappa shape index (κ2) is 17.2. The highest BCUT2D eigenvalue weighted by Crippen LogP contribution is 2.54. The number of hydrogen-bond donors (Lipinski definition) is 0. The van der Waals surface area contributed by atoms with Crippen molar-refractivity contribution in [1.82, 2.24) is 0 Å². The lowest BCUT2D eigenvalue weighted by Crippen LogP contribution is -2.33. The van der Waals surface area contributed by atoms with Crippen molar-refractivity contribution in [2.24, 2.45) is 35.5 Å². The van der Waals surface area contributed by atoms with Gasteiger partial charge in [-0.15, -0.1) is 0 Å². The van der Waals surface area contributed by atoms with E-state index in [1.54, 1.807) is 7.11 Å². The molecule has 4 fully saturated rings. The Morgan fingerprint density at radius 2 is 1.30 bits per heavy atom. The van der Waals surface area contributed by atoms with Crippen molar-refractivity contribution in [2.75, 3.05) is 14.2 Å². The molecule has 0 saturated heterocycles. The van der Waals surface area contributed by atoms with Gasteiger partial charge in [0, 0.05) is 39.4 Å². The van der Waals surface area contributed by atoms with E-state index in [9.17, 15) is 9.59 Å². The lowest BCUT2D eigenvalue weighted by atomic mass is 9.72. The molecule has 4 saturated carbocycles. The van der Waals surface area contributed by atoms with Gasteiger partial charge in [0.05, 0.1) is 12.2 Å². The monoisotopic (exact) mass is 600 g/mol. The molecule has 232 valence electrons. The van der Waals surface area contributed by atoms with Crippen LogP contribution < -0.4 is 0 Å². The number of fused-ring (bicyclic) bond motifs is 2. The third-order valence-corrected chi connectivity index (χ3v) is 12.0. The molecule has 0 aromatic carbocycles. The number of carbonyl (C=O) groups excluding carboxylic acids is 2. The van der Waals surface area contributed by atoms with Gasteiger partial charge in [-0.2, -0.15) is 0 Å². The van der Waals surface area contributed by atoms with Gasteiger partial charge < -0.3 is 9.47 Å². The van der Waals surface area contributed by atoms with E-state index in [0.29, 0.717) is 36.2 Å². The maximum atomic E-state index is 12.0. The Balaban J connectivity index is 0.000000222. The molecule has 0 aromatic rings. The molecule has 4 aliphatic carbocycles. The lowest BCUT2D eigenvalue weighted by molar-refractivity contribution is -0.119. The molecule has 0 spiro atoms. The maximum Gasteiger partial charge on any atom is 0.178 e. The summed E-state index contributed by atoms with van der Waals surface area (Å²) < 4.78 is 9.75. The van der Waals surface area contributed by atoms with Crippen molar-refractivity contribution in [1.29, 1.82) is 0 Å². The summed E-state index contributed by atoms with van der Waals surface area (Å²) in [5, 5.41) is 0. The predicted molar refractivity (Wildman–Crippen MR) is 166 cm³/mol. The van der Waals surface area contributed by atoms with Gasteiger partial charge in [-0.25, -0.2) is 0 Å². The molecular weight excluding hydrogens is 543 g/mol. The number of alkyl halides is 2. The summed E-state index contributed by atoms with van der Waals surface area (Å²) in [7, 11) is 3.62. The largest absolute Gasteiger partial charge is 0.381 e. The number of rotatable bonds is 14. The lowest BCUT2D eigenvalue weighted by Gasteiger charge is -2.36. The minimum Gasteiger partial charge on any atom is -0.381 e. The van der Waals surface area contributed by atoms with Gasteiger partial charge in [0.2, 0.25) is 0 Å². The summed E-state index contributed by atoms with van der Waals surface area (Å²) in [5.74, 6) is 4.16. The fraction of sp³-hybridized carbons (Fsp3) is 0.941. The van der Waals surface area contributed by atoms with Crippen LogP contribution in [-0.2, 0) is 19.1 Å². The first-order valence-corrected chi connectivity index (χ1v) is 17.5. The number of ether oxygens (including phenoxy) is 2. The second-order valence-electron chi connectivity index (χ2n) is 13.4. The van der Waals surface area contributed by atoms with E-state index in [4.69, 9.17) is 32.7 Å². The molecule has 4 rings (SSSR count). The van der Waals surface area contributed by atoms with E-state index >= 15 is 0 Å². The average Bonchev–Trinajstić information content (AvgIpc) is 3.45. The van der Waals surface area contributed by atoms with Gasteiger partial charge in [0.1, 0.15) is 5.78 Å². The van der Waals surface area contributed by atoms with E-state index in [-0.39, 0.29) is 11.7 Å². The quantitative estimate of drug-likeness (QED) is 0.147. The first kappa shape index (κ1) is 34.3. The van der Waals surface area contributed by atoms with Gasteiger partial charge in [-0.1, -0.05) is 101 Å². The zero-order valence-corrected chi connectivity index (χ0v) is 27.5. The fourth-order valence-corrected chi connectivity index (χ4v) is 9.30. The molecule has 0 heterocycles. The maximum absolute atomic E-state index is 12.0. The van der Waals surface area contributed by atoms with Crippen molar-refractivity contribution in [3.05, 3.63) is 0 Å². The summed E-state index contributed by atoms with van der Waals surface area (Å²) in [6.07, 6.45) is 22.8. The van der Waals surface area contributed by atoms with Gasteiger partial charge in [0.25, 0.3) is 0 Å². The van der Waals surface area contributed by atoms with Crippen molar-refractivity contribution in [2.45, 2.75) is 152 Å². The second-order valence-corrected chi connectivity index (χ2v) is 14.8. The molecule has 8 atom stereocenters. The molecule has 0 radical (unpaired) electrons. The van der Waals surface area contributed by atoms with E-state index in [0.717, 1.165) is 62.7 Å². The minimum absolute atomic E-state index is 0.0539. The molecule has 6 heteroatoms. The predicted octanol–water partition coefficient (Wildman–Crippen LogP) is 9.52. The molecule has 4 nitrogen and oxygen atoms in total. The normalized spacial score (nSPS) is 32.6. The molecule has 4 aliphatic rings. The Morgan fingerprint density at radius 3 is 1.85 bits per heavy atom. The average molecular weight is 602 g/mol. The summed E-state index contributed by atoms with van der Waals surface area (Å²) in [4.78, 5) is 23.7. The molecule has 8 unspecified atom stereocenters. The van der Waals surface area contributed by atoms with Crippen LogP contribution in [-0.4, -0.2) is 42.3 Å². The molecule has 0 N–H and O–H groups in total. The van der Waals surface area contributed by atoms with Crippen LogP contribution in [0.2, 0.25) is 0 Å². The van der Waals surface area contributed by atoms with E-state index in [2.05, 4.69) is 13.8 Å². The third kappa shape index (κ3) is 9.42. The first-order chi connectivity index (χ1) is 19.2. The van der Waals surface area contributed by atoms with Crippen LogP contribution in [0.25, 0.3) is 0 Å². The molecular formula is C34H58Cl2O4. The van der Waals surface area contributed by atoms with Crippen LogP contribution in [0.15, 0.2) is 0 Å². The highest BCUT2D eigenvalue weighted by atomic mass is 35.5. The van der Waals surface area contributed by atoms with E-state index in [1.165, 1.54) is 70.6 Å². The SMILES string of the molecule is CCC(CCCCC1CCCC2C1CC(=O)C2(Cl)Cl)OC.CCC(CCCCC1CCCC2CC(=O)CC12)OC. The first-order valence-electron chi connectivity index (χ1n) is 16.7. The molecule has 0 amide bonds. The van der Waals surface area contributed by atoms with Crippen molar-refractivity contribution < 1.29 is 19.1 Å². The summed E-state index contributed by atoms with van der Waals surface area (Å²) >= 11 is 12.6. The number of unbranched alkanes of at least 4 members (excludes halogenated alkanes) is 2. The summed E-state index contributed by atoms with van der Waals surface area (Å²) in [6.45, 7) is 4.37. The zero-order chi connectivity index (χ0) is 29.1. The molecule has 0 aromatic heterocycles. The summed E-state index contributed by atoms with van der Waals surface area (Å²) in [5.41, 5.74) is 0.